The number of rotatable bonds is 2. The summed E-state index contributed by atoms with van der Waals surface area (Å²) in [5.74, 6) is 1.79. The van der Waals surface area contributed by atoms with Gasteiger partial charge in [0, 0.05) is 31.1 Å². The second kappa shape index (κ2) is 5.26. The lowest BCUT2D eigenvalue weighted by Gasteiger charge is -2.46. The standard InChI is InChI=1S/C16H24N2O2/c1-3-18-8-6-16(7-9-18)11-14(17)13-10-12(19-2)4-5-15(13)20-16/h4-5,10,14H,3,6-9,11,17H2,1-2H3/t14-/m1/s1. The van der Waals surface area contributed by atoms with Crippen molar-refractivity contribution in [2.45, 2.75) is 37.8 Å². The number of methoxy groups -OCH3 is 1. The average molecular weight is 276 g/mol. The maximum absolute atomic E-state index is 6.39. The largest absolute Gasteiger partial charge is 0.497 e. The Bertz CT molecular complexity index is 481. The van der Waals surface area contributed by atoms with Gasteiger partial charge in [0.1, 0.15) is 17.1 Å². The normalized spacial score (nSPS) is 25.1. The van der Waals surface area contributed by atoms with E-state index >= 15 is 0 Å². The highest BCUT2D eigenvalue weighted by molar-refractivity contribution is 5.44. The molecule has 0 amide bonds. The number of likely N-dealkylation sites (tertiary alicyclic amines) is 1. The Labute approximate surface area is 120 Å². The van der Waals surface area contributed by atoms with Crippen molar-refractivity contribution >= 4 is 0 Å². The molecule has 2 heterocycles. The third-order valence-electron chi connectivity index (χ3n) is 4.75. The van der Waals surface area contributed by atoms with E-state index in [1.165, 1.54) is 0 Å². The van der Waals surface area contributed by atoms with E-state index in [9.17, 15) is 0 Å². The first-order valence-corrected chi connectivity index (χ1v) is 7.51. The fourth-order valence-corrected chi connectivity index (χ4v) is 3.40. The monoisotopic (exact) mass is 276 g/mol. The van der Waals surface area contributed by atoms with Crippen LogP contribution in [0.25, 0.3) is 0 Å². The highest BCUT2D eigenvalue weighted by atomic mass is 16.5. The molecule has 0 aromatic heterocycles. The molecule has 2 N–H and O–H groups in total. The zero-order valence-electron chi connectivity index (χ0n) is 12.4. The van der Waals surface area contributed by atoms with Crippen molar-refractivity contribution in [2.75, 3.05) is 26.7 Å². The summed E-state index contributed by atoms with van der Waals surface area (Å²) in [5.41, 5.74) is 7.41. The predicted molar refractivity (Wildman–Crippen MR) is 79.2 cm³/mol. The number of hydrogen-bond acceptors (Lipinski definition) is 4. The number of piperidine rings is 1. The minimum absolute atomic E-state index is 0.0435. The van der Waals surface area contributed by atoms with Crippen LogP contribution in [-0.4, -0.2) is 37.2 Å². The summed E-state index contributed by atoms with van der Waals surface area (Å²) in [4.78, 5) is 2.48. The summed E-state index contributed by atoms with van der Waals surface area (Å²) in [6.45, 7) is 5.55. The first kappa shape index (κ1) is 13.7. The van der Waals surface area contributed by atoms with Crippen LogP contribution in [0, 0.1) is 0 Å². The average Bonchev–Trinajstić information content (AvgIpc) is 2.48. The van der Waals surface area contributed by atoms with Crippen LogP contribution in [0.5, 0.6) is 11.5 Å². The first-order chi connectivity index (χ1) is 9.65. The molecule has 2 aliphatic heterocycles. The molecule has 0 aliphatic carbocycles. The number of nitrogens with zero attached hydrogens (tertiary/aromatic N) is 1. The third kappa shape index (κ3) is 2.38. The van der Waals surface area contributed by atoms with Gasteiger partial charge in [-0.1, -0.05) is 6.92 Å². The van der Waals surface area contributed by atoms with Crippen molar-refractivity contribution < 1.29 is 9.47 Å². The molecule has 0 saturated carbocycles. The molecule has 0 bridgehead atoms. The van der Waals surface area contributed by atoms with Crippen LogP contribution in [0.15, 0.2) is 18.2 Å². The molecule has 1 spiro atoms. The van der Waals surface area contributed by atoms with Gasteiger partial charge in [0.25, 0.3) is 0 Å². The molecule has 20 heavy (non-hydrogen) atoms. The van der Waals surface area contributed by atoms with Crippen LogP contribution in [0.2, 0.25) is 0 Å². The van der Waals surface area contributed by atoms with Crippen molar-refractivity contribution in [3.8, 4) is 11.5 Å². The SMILES string of the molecule is CCN1CCC2(CC1)C[C@@H](N)c1cc(OC)ccc1O2. The molecule has 1 aromatic carbocycles. The molecule has 110 valence electrons. The van der Waals surface area contributed by atoms with Crippen molar-refractivity contribution in [1.29, 1.82) is 0 Å². The second-order valence-corrected chi connectivity index (χ2v) is 5.93. The third-order valence-corrected chi connectivity index (χ3v) is 4.75. The molecule has 4 heteroatoms. The summed E-state index contributed by atoms with van der Waals surface area (Å²) in [7, 11) is 1.68. The molecule has 4 nitrogen and oxygen atoms in total. The second-order valence-electron chi connectivity index (χ2n) is 5.93. The lowest BCUT2D eigenvalue weighted by Crippen LogP contribution is -2.51. The van der Waals surface area contributed by atoms with Crippen LogP contribution in [0.3, 0.4) is 0 Å². The van der Waals surface area contributed by atoms with Gasteiger partial charge in [0.05, 0.1) is 7.11 Å². The van der Waals surface area contributed by atoms with E-state index in [1.807, 2.05) is 18.2 Å². The zero-order valence-corrected chi connectivity index (χ0v) is 12.4. The van der Waals surface area contributed by atoms with Gasteiger partial charge in [-0.25, -0.2) is 0 Å². The Morgan fingerprint density at radius 1 is 1.40 bits per heavy atom. The number of benzene rings is 1. The van der Waals surface area contributed by atoms with E-state index in [0.29, 0.717) is 0 Å². The fourth-order valence-electron chi connectivity index (χ4n) is 3.40. The topological polar surface area (TPSA) is 47.7 Å². The lowest BCUT2D eigenvalue weighted by atomic mass is 9.81. The molecule has 0 radical (unpaired) electrons. The van der Waals surface area contributed by atoms with Crippen LogP contribution in [-0.2, 0) is 0 Å². The van der Waals surface area contributed by atoms with Gasteiger partial charge in [0.15, 0.2) is 0 Å². The minimum atomic E-state index is -0.0628. The number of fused-ring (bicyclic) bond motifs is 1. The lowest BCUT2D eigenvalue weighted by molar-refractivity contribution is -0.0206. The summed E-state index contributed by atoms with van der Waals surface area (Å²) >= 11 is 0. The Balaban J connectivity index is 1.82. The molecular weight excluding hydrogens is 252 g/mol. The quantitative estimate of drug-likeness (QED) is 0.900. The highest BCUT2D eigenvalue weighted by Crippen LogP contribution is 2.44. The van der Waals surface area contributed by atoms with Crippen molar-refractivity contribution in [1.82, 2.24) is 4.90 Å². The molecule has 3 rings (SSSR count). The maximum atomic E-state index is 6.39. The van der Waals surface area contributed by atoms with E-state index < -0.39 is 0 Å². The first-order valence-electron chi connectivity index (χ1n) is 7.51. The van der Waals surface area contributed by atoms with Crippen molar-refractivity contribution in [3.63, 3.8) is 0 Å². The van der Waals surface area contributed by atoms with Crippen molar-refractivity contribution in [3.05, 3.63) is 23.8 Å². The predicted octanol–water partition coefficient (Wildman–Crippen LogP) is 2.33. The Hall–Kier alpha value is -1.26. The van der Waals surface area contributed by atoms with Gasteiger partial charge in [0.2, 0.25) is 0 Å². The molecule has 1 aromatic rings. The van der Waals surface area contributed by atoms with Crippen LogP contribution >= 0.6 is 0 Å². The number of ether oxygens (including phenoxy) is 2. The van der Waals surface area contributed by atoms with E-state index in [0.717, 1.165) is 56.0 Å². The van der Waals surface area contributed by atoms with Crippen molar-refractivity contribution in [2.24, 2.45) is 5.73 Å². The summed E-state index contributed by atoms with van der Waals surface area (Å²) in [5, 5.41) is 0. The van der Waals surface area contributed by atoms with Gasteiger partial charge in [-0.15, -0.1) is 0 Å². The zero-order chi connectivity index (χ0) is 14.2. The Morgan fingerprint density at radius 3 is 2.80 bits per heavy atom. The van der Waals surface area contributed by atoms with Crippen LogP contribution in [0.1, 0.15) is 37.8 Å². The maximum Gasteiger partial charge on any atom is 0.125 e. The van der Waals surface area contributed by atoms with E-state index in [4.69, 9.17) is 15.2 Å². The molecule has 2 aliphatic rings. The molecular formula is C16H24N2O2. The van der Waals surface area contributed by atoms with Gasteiger partial charge in [-0.3, -0.25) is 0 Å². The molecule has 1 atom stereocenters. The van der Waals surface area contributed by atoms with Crippen LogP contribution in [0.4, 0.5) is 0 Å². The fraction of sp³-hybridized carbons (Fsp3) is 0.625. The van der Waals surface area contributed by atoms with Gasteiger partial charge in [-0.2, -0.15) is 0 Å². The van der Waals surface area contributed by atoms with Crippen LogP contribution < -0.4 is 15.2 Å². The molecule has 0 unspecified atom stereocenters. The van der Waals surface area contributed by atoms with E-state index in [1.54, 1.807) is 7.11 Å². The van der Waals surface area contributed by atoms with Gasteiger partial charge in [-0.05, 0) is 37.6 Å². The summed E-state index contributed by atoms with van der Waals surface area (Å²) < 4.78 is 11.6. The smallest absolute Gasteiger partial charge is 0.125 e. The number of hydrogen-bond donors (Lipinski definition) is 1. The minimum Gasteiger partial charge on any atom is -0.497 e. The van der Waals surface area contributed by atoms with E-state index in [-0.39, 0.29) is 11.6 Å². The number of nitrogens with two attached hydrogens (primary N) is 1. The molecule has 1 fully saturated rings. The summed E-state index contributed by atoms with van der Waals surface area (Å²) in [6.07, 6.45) is 3.05. The van der Waals surface area contributed by atoms with Gasteiger partial charge < -0.3 is 20.1 Å². The van der Waals surface area contributed by atoms with Gasteiger partial charge >= 0.3 is 0 Å². The molecule has 1 saturated heterocycles. The highest BCUT2D eigenvalue weighted by Gasteiger charge is 2.42. The summed E-state index contributed by atoms with van der Waals surface area (Å²) in [6, 6.07) is 6.00. The Kier molecular flexibility index (Phi) is 3.61. The Morgan fingerprint density at radius 2 is 2.15 bits per heavy atom. The van der Waals surface area contributed by atoms with E-state index in [2.05, 4.69) is 11.8 Å².